The SMILES string of the molecule is [2H]C(Cl)C(=O)N[C@@H](C)C(=O)N[C@@H](CC(C)C)C(=O)O. The first kappa shape index (κ1) is 14.8. The fraction of sp³-hybridized carbons (Fsp3) is 0.727. The van der Waals surface area contributed by atoms with Gasteiger partial charge in [-0.2, -0.15) is 0 Å². The number of carboxylic acids is 1. The summed E-state index contributed by atoms with van der Waals surface area (Å²) in [6.45, 7) is 5.07. The van der Waals surface area contributed by atoms with E-state index >= 15 is 0 Å². The van der Waals surface area contributed by atoms with E-state index in [0.29, 0.717) is 0 Å². The number of carboxylic acid groups (broad SMARTS) is 1. The molecule has 0 rings (SSSR count). The average Bonchev–Trinajstić information content (AvgIpc) is 2.26. The van der Waals surface area contributed by atoms with Crippen molar-refractivity contribution in [1.29, 1.82) is 0 Å². The Bertz CT molecular complexity index is 350. The number of rotatable bonds is 7. The minimum Gasteiger partial charge on any atom is -0.480 e. The van der Waals surface area contributed by atoms with Crippen molar-refractivity contribution >= 4 is 29.4 Å². The number of carbonyl (C=O) groups is 3. The summed E-state index contributed by atoms with van der Waals surface area (Å²) >= 11 is 5.23. The van der Waals surface area contributed by atoms with Crippen LogP contribution < -0.4 is 10.6 Å². The van der Waals surface area contributed by atoms with Gasteiger partial charge in [-0.1, -0.05) is 13.8 Å². The fourth-order valence-electron chi connectivity index (χ4n) is 1.30. The molecule has 0 fully saturated rings. The third-order valence-corrected chi connectivity index (χ3v) is 2.37. The van der Waals surface area contributed by atoms with Crippen molar-refractivity contribution < 1.29 is 20.9 Å². The van der Waals surface area contributed by atoms with Gasteiger partial charge >= 0.3 is 5.97 Å². The molecule has 3 N–H and O–H groups in total. The molecule has 3 atom stereocenters. The molecule has 0 aliphatic carbocycles. The minimum atomic E-state index is -1.50. The molecule has 0 aromatic carbocycles. The summed E-state index contributed by atoms with van der Waals surface area (Å²) < 4.78 is 6.95. The summed E-state index contributed by atoms with van der Waals surface area (Å²) in [7, 11) is 0. The maximum absolute atomic E-state index is 11.7. The molecule has 0 saturated heterocycles. The lowest BCUT2D eigenvalue weighted by atomic mass is 10.0. The molecule has 1 unspecified atom stereocenters. The Hall–Kier alpha value is -1.30. The van der Waals surface area contributed by atoms with E-state index in [9.17, 15) is 14.4 Å². The molecule has 2 amide bonds. The average molecular weight is 280 g/mol. The first-order valence-electron chi connectivity index (χ1n) is 6.12. The van der Waals surface area contributed by atoms with Gasteiger partial charge in [-0.3, -0.25) is 9.59 Å². The van der Waals surface area contributed by atoms with Crippen molar-refractivity contribution in [3.8, 4) is 0 Å². The molecule has 0 bridgehead atoms. The molecule has 0 saturated carbocycles. The predicted molar refractivity (Wildman–Crippen MR) is 67.3 cm³/mol. The molecular formula is C11H19ClN2O4. The third-order valence-electron chi connectivity index (χ3n) is 2.17. The molecule has 0 aromatic heterocycles. The van der Waals surface area contributed by atoms with E-state index in [1.807, 2.05) is 13.8 Å². The first-order valence-corrected chi connectivity index (χ1v) is 5.98. The van der Waals surface area contributed by atoms with Crippen LogP contribution in [0.1, 0.15) is 28.6 Å². The Morgan fingerprint density at radius 1 is 1.28 bits per heavy atom. The van der Waals surface area contributed by atoms with Gasteiger partial charge in [-0.25, -0.2) is 4.79 Å². The maximum atomic E-state index is 11.7. The predicted octanol–water partition coefficient (Wildman–Crippen LogP) is 0.345. The minimum absolute atomic E-state index is 0.103. The number of amides is 2. The van der Waals surface area contributed by atoms with Gasteiger partial charge in [0.15, 0.2) is 0 Å². The quantitative estimate of drug-likeness (QED) is 0.586. The van der Waals surface area contributed by atoms with E-state index in [2.05, 4.69) is 10.6 Å². The zero-order chi connectivity index (χ0) is 15.2. The lowest BCUT2D eigenvalue weighted by molar-refractivity contribution is -0.142. The van der Waals surface area contributed by atoms with Crippen molar-refractivity contribution in [1.82, 2.24) is 10.6 Å². The van der Waals surface area contributed by atoms with E-state index < -0.39 is 35.7 Å². The number of alkyl halides is 1. The van der Waals surface area contributed by atoms with Crippen LogP contribution in [0, 0.1) is 5.92 Å². The van der Waals surface area contributed by atoms with Gasteiger partial charge in [0.05, 0.1) is 1.37 Å². The van der Waals surface area contributed by atoms with Crippen LogP contribution in [-0.4, -0.2) is 40.8 Å². The number of hydrogen-bond donors (Lipinski definition) is 3. The van der Waals surface area contributed by atoms with E-state index in [-0.39, 0.29) is 12.3 Å². The summed E-state index contributed by atoms with van der Waals surface area (Å²) in [5, 5.41) is 13.5. The lowest BCUT2D eigenvalue weighted by Gasteiger charge is -2.19. The van der Waals surface area contributed by atoms with E-state index in [4.69, 9.17) is 18.1 Å². The maximum Gasteiger partial charge on any atom is 0.326 e. The molecule has 0 heterocycles. The molecule has 18 heavy (non-hydrogen) atoms. The Morgan fingerprint density at radius 2 is 1.83 bits per heavy atom. The molecule has 7 heteroatoms. The second-order valence-electron chi connectivity index (χ2n) is 4.37. The normalized spacial score (nSPS) is 16.4. The van der Waals surface area contributed by atoms with Crippen molar-refractivity contribution in [2.75, 3.05) is 5.86 Å². The Morgan fingerprint density at radius 3 is 2.22 bits per heavy atom. The number of hydrogen-bond acceptors (Lipinski definition) is 3. The number of carbonyl (C=O) groups excluding carboxylic acids is 2. The summed E-state index contributed by atoms with van der Waals surface area (Å²) in [5.41, 5.74) is 0. The van der Waals surface area contributed by atoms with Crippen LogP contribution in [0.5, 0.6) is 0 Å². The Balaban J connectivity index is 4.47. The van der Waals surface area contributed by atoms with Crippen LogP contribution in [0.25, 0.3) is 0 Å². The van der Waals surface area contributed by atoms with Crippen molar-refractivity contribution in [3.63, 3.8) is 0 Å². The van der Waals surface area contributed by atoms with Gasteiger partial charge in [-0.15, -0.1) is 11.6 Å². The van der Waals surface area contributed by atoms with Crippen LogP contribution in [0.3, 0.4) is 0 Å². The Kier molecular flexibility index (Phi) is 6.49. The topological polar surface area (TPSA) is 95.5 Å². The van der Waals surface area contributed by atoms with Crippen LogP contribution in [0.4, 0.5) is 0 Å². The Labute approximate surface area is 112 Å². The van der Waals surface area contributed by atoms with Gasteiger partial charge in [0.2, 0.25) is 11.8 Å². The van der Waals surface area contributed by atoms with E-state index in [1.165, 1.54) is 6.92 Å². The molecular weight excluding hydrogens is 260 g/mol. The van der Waals surface area contributed by atoms with Gasteiger partial charge in [-0.05, 0) is 19.3 Å². The van der Waals surface area contributed by atoms with Gasteiger partial charge < -0.3 is 15.7 Å². The monoisotopic (exact) mass is 279 g/mol. The van der Waals surface area contributed by atoms with Gasteiger partial charge in [0.25, 0.3) is 0 Å². The first-order chi connectivity index (χ1) is 8.65. The van der Waals surface area contributed by atoms with Crippen molar-refractivity contribution in [3.05, 3.63) is 0 Å². The molecule has 0 aliphatic heterocycles. The molecule has 0 radical (unpaired) electrons. The van der Waals surface area contributed by atoms with Crippen LogP contribution in [-0.2, 0) is 14.4 Å². The highest BCUT2D eigenvalue weighted by Crippen LogP contribution is 2.05. The second kappa shape index (κ2) is 7.92. The number of aliphatic carboxylic acids is 1. The molecule has 104 valence electrons. The largest absolute Gasteiger partial charge is 0.480 e. The number of nitrogens with one attached hydrogen (secondary N) is 2. The number of halogens is 1. The van der Waals surface area contributed by atoms with Crippen LogP contribution in [0.15, 0.2) is 0 Å². The summed E-state index contributed by atoms with van der Waals surface area (Å²) in [5.74, 6) is -3.96. The molecule has 0 aliphatic rings. The third kappa shape index (κ3) is 6.44. The zero-order valence-electron chi connectivity index (χ0n) is 11.6. The highest BCUT2D eigenvalue weighted by Gasteiger charge is 2.24. The lowest BCUT2D eigenvalue weighted by Crippen LogP contribution is -2.50. The summed E-state index contributed by atoms with van der Waals surface area (Å²) in [6.07, 6.45) is 0.290. The van der Waals surface area contributed by atoms with Crippen molar-refractivity contribution in [2.45, 2.75) is 39.3 Å². The summed E-state index contributed by atoms with van der Waals surface area (Å²) in [6, 6.07) is -1.96. The van der Waals surface area contributed by atoms with Crippen LogP contribution in [0.2, 0.25) is 0 Å². The smallest absolute Gasteiger partial charge is 0.326 e. The molecule has 6 nitrogen and oxygen atoms in total. The summed E-state index contributed by atoms with van der Waals surface area (Å²) in [4.78, 5) is 33.8. The van der Waals surface area contributed by atoms with Gasteiger partial charge in [0, 0.05) is 0 Å². The standard InChI is InChI=1S/C11H19ClN2O4/c1-6(2)4-8(11(17)18)14-10(16)7(3)13-9(15)5-12/h6-8H,4-5H2,1-3H3,(H,13,15)(H,14,16)(H,17,18)/t7-,8-/m0/s1/i5D/t5?,7-,8-. The molecule has 0 aromatic rings. The van der Waals surface area contributed by atoms with Crippen molar-refractivity contribution in [2.24, 2.45) is 5.92 Å². The van der Waals surface area contributed by atoms with E-state index in [1.54, 1.807) is 0 Å². The van der Waals surface area contributed by atoms with E-state index in [0.717, 1.165) is 0 Å². The fourth-order valence-corrected chi connectivity index (χ4v) is 1.36. The van der Waals surface area contributed by atoms with Crippen LogP contribution >= 0.6 is 11.6 Å². The zero-order valence-corrected chi connectivity index (χ0v) is 11.3. The second-order valence-corrected chi connectivity index (χ2v) is 4.59. The van der Waals surface area contributed by atoms with Gasteiger partial charge in [0.1, 0.15) is 17.9 Å². The molecule has 0 spiro atoms. The highest BCUT2D eigenvalue weighted by atomic mass is 35.5. The highest BCUT2D eigenvalue weighted by molar-refractivity contribution is 6.27.